The van der Waals surface area contributed by atoms with E-state index in [0.29, 0.717) is 18.1 Å². The van der Waals surface area contributed by atoms with Gasteiger partial charge in [-0.25, -0.2) is 4.79 Å². The molecule has 32 heavy (non-hydrogen) atoms. The first-order valence-corrected chi connectivity index (χ1v) is 11.6. The van der Waals surface area contributed by atoms with E-state index in [0.717, 1.165) is 40.4 Å². The lowest BCUT2D eigenvalue weighted by atomic mass is 9.99. The molecule has 0 bridgehead atoms. The molecule has 4 rings (SSSR count). The van der Waals surface area contributed by atoms with Crippen LogP contribution in [0.15, 0.2) is 42.5 Å². The van der Waals surface area contributed by atoms with E-state index < -0.39 is 0 Å². The van der Waals surface area contributed by atoms with E-state index >= 15 is 0 Å². The average Bonchev–Trinajstić information content (AvgIpc) is 3.28. The third kappa shape index (κ3) is 4.96. The fourth-order valence-corrected chi connectivity index (χ4v) is 4.63. The third-order valence-corrected chi connectivity index (χ3v) is 6.93. The Morgan fingerprint density at radius 2 is 1.81 bits per heavy atom. The highest BCUT2D eigenvalue weighted by Crippen LogP contribution is 2.30. The van der Waals surface area contributed by atoms with Crippen LogP contribution in [0.1, 0.15) is 50.3 Å². The van der Waals surface area contributed by atoms with Crippen LogP contribution in [-0.2, 0) is 0 Å². The maximum atomic E-state index is 12.8. The fraction of sp³-hybridized carbons (Fsp3) is 0.333. The number of hydrogen-bond donors (Lipinski definition) is 2. The highest BCUT2D eigenvalue weighted by molar-refractivity contribution is 7.13. The number of carbonyl (C=O) groups is 2. The molecule has 0 spiro atoms. The van der Waals surface area contributed by atoms with Gasteiger partial charge in [-0.2, -0.15) is 0 Å². The predicted octanol–water partition coefficient (Wildman–Crippen LogP) is 5.13. The van der Waals surface area contributed by atoms with Crippen molar-refractivity contribution >= 4 is 34.6 Å². The molecule has 0 unspecified atom stereocenters. The van der Waals surface area contributed by atoms with Crippen LogP contribution in [0.25, 0.3) is 0 Å². The van der Waals surface area contributed by atoms with Crippen molar-refractivity contribution in [2.75, 3.05) is 23.7 Å². The normalized spacial score (nSPS) is 16.0. The molecule has 2 aromatic carbocycles. The van der Waals surface area contributed by atoms with Gasteiger partial charge in [-0.3, -0.25) is 4.79 Å². The summed E-state index contributed by atoms with van der Waals surface area (Å²) in [6.45, 7) is 7.29. The molecular formula is C24H27N5O2S. The lowest BCUT2D eigenvalue weighted by molar-refractivity contribution is 0.102. The summed E-state index contributed by atoms with van der Waals surface area (Å²) in [5.74, 6) is -0.185. The van der Waals surface area contributed by atoms with Gasteiger partial charge in [-0.15, -0.1) is 10.2 Å². The third-order valence-electron chi connectivity index (χ3n) is 5.84. The summed E-state index contributed by atoms with van der Waals surface area (Å²) in [6, 6.07) is 13.4. The van der Waals surface area contributed by atoms with Crippen LogP contribution in [0.3, 0.4) is 0 Å². The SMILES string of the molecule is Cc1ccc(NC(=O)N2CCC[C@@H](c3nnc(C(=O)Nc4ccccc4C)s3)C2)cc1C. The lowest BCUT2D eigenvalue weighted by Crippen LogP contribution is -2.41. The number of hydrogen-bond acceptors (Lipinski definition) is 5. The van der Waals surface area contributed by atoms with Crippen LogP contribution in [0.4, 0.5) is 16.2 Å². The summed E-state index contributed by atoms with van der Waals surface area (Å²) in [5.41, 5.74) is 4.89. The molecule has 0 radical (unpaired) electrons. The van der Waals surface area contributed by atoms with E-state index in [1.54, 1.807) is 0 Å². The Kier molecular flexibility index (Phi) is 6.50. The van der Waals surface area contributed by atoms with Gasteiger partial charge in [0.05, 0.1) is 0 Å². The largest absolute Gasteiger partial charge is 0.324 e. The molecule has 2 N–H and O–H groups in total. The van der Waals surface area contributed by atoms with Crippen molar-refractivity contribution in [3.63, 3.8) is 0 Å². The molecule has 166 valence electrons. The Hall–Kier alpha value is -3.26. The second kappa shape index (κ2) is 9.48. The monoisotopic (exact) mass is 449 g/mol. The van der Waals surface area contributed by atoms with Gasteiger partial charge in [0, 0.05) is 30.4 Å². The molecule has 1 aromatic heterocycles. The van der Waals surface area contributed by atoms with Crippen LogP contribution >= 0.6 is 11.3 Å². The minimum atomic E-state index is -0.261. The molecule has 1 atom stereocenters. The number of urea groups is 1. The predicted molar refractivity (Wildman–Crippen MR) is 128 cm³/mol. The van der Waals surface area contributed by atoms with E-state index in [-0.39, 0.29) is 17.9 Å². The first kappa shape index (κ1) is 22.0. The number of amides is 3. The maximum absolute atomic E-state index is 12.8. The van der Waals surface area contributed by atoms with Crippen LogP contribution in [0, 0.1) is 20.8 Å². The van der Waals surface area contributed by atoms with Crippen LogP contribution in [0.2, 0.25) is 0 Å². The van der Waals surface area contributed by atoms with E-state index in [1.807, 2.05) is 68.1 Å². The summed E-state index contributed by atoms with van der Waals surface area (Å²) in [5, 5.41) is 15.4. The van der Waals surface area contributed by atoms with Gasteiger partial charge in [0.1, 0.15) is 5.01 Å². The van der Waals surface area contributed by atoms with Crippen molar-refractivity contribution < 1.29 is 9.59 Å². The summed E-state index contributed by atoms with van der Waals surface area (Å²) >= 11 is 1.30. The van der Waals surface area contributed by atoms with Gasteiger partial charge in [-0.05, 0) is 68.5 Å². The van der Waals surface area contributed by atoms with Crippen molar-refractivity contribution in [3.05, 3.63) is 69.2 Å². The van der Waals surface area contributed by atoms with Crippen LogP contribution in [-0.4, -0.2) is 40.1 Å². The minimum absolute atomic E-state index is 0.0757. The zero-order valence-corrected chi connectivity index (χ0v) is 19.3. The lowest BCUT2D eigenvalue weighted by Gasteiger charge is -2.31. The van der Waals surface area contributed by atoms with Crippen LogP contribution < -0.4 is 10.6 Å². The first-order valence-electron chi connectivity index (χ1n) is 10.7. The molecule has 2 heterocycles. The summed E-state index contributed by atoms with van der Waals surface area (Å²) < 4.78 is 0. The van der Waals surface area contributed by atoms with Gasteiger partial charge in [-0.1, -0.05) is 35.6 Å². The number of benzene rings is 2. The van der Waals surface area contributed by atoms with E-state index in [1.165, 1.54) is 16.9 Å². The minimum Gasteiger partial charge on any atom is -0.324 e. The van der Waals surface area contributed by atoms with E-state index in [4.69, 9.17) is 0 Å². The van der Waals surface area contributed by atoms with Crippen molar-refractivity contribution in [2.24, 2.45) is 0 Å². The molecule has 0 aliphatic carbocycles. The molecule has 7 nitrogen and oxygen atoms in total. The number of anilines is 2. The number of aryl methyl sites for hydroxylation is 3. The van der Waals surface area contributed by atoms with E-state index in [2.05, 4.69) is 20.8 Å². The molecule has 0 saturated carbocycles. The Bertz CT molecular complexity index is 1140. The van der Waals surface area contributed by atoms with Crippen molar-refractivity contribution in [1.82, 2.24) is 15.1 Å². The summed E-state index contributed by atoms with van der Waals surface area (Å²) in [4.78, 5) is 27.2. The fourth-order valence-electron chi connectivity index (χ4n) is 3.77. The van der Waals surface area contributed by atoms with Crippen molar-refractivity contribution in [1.29, 1.82) is 0 Å². The molecule has 8 heteroatoms. The summed E-state index contributed by atoms with van der Waals surface area (Å²) in [7, 11) is 0. The van der Waals surface area contributed by atoms with Crippen LogP contribution in [0.5, 0.6) is 0 Å². The highest BCUT2D eigenvalue weighted by Gasteiger charge is 2.28. The zero-order valence-electron chi connectivity index (χ0n) is 18.5. The maximum Gasteiger partial charge on any atom is 0.321 e. The number of para-hydroxylation sites is 1. The number of rotatable bonds is 4. The number of aromatic nitrogens is 2. The summed E-state index contributed by atoms with van der Waals surface area (Å²) in [6.07, 6.45) is 1.80. The van der Waals surface area contributed by atoms with Crippen molar-refractivity contribution in [2.45, 2.75) is 39.5 Å². The quantitative estimate of drug-likeness (QED) is 0.578. The smallest absolute Gasteiger partial charge is 0.321 e. The van der Waals surface area contributed by atoms with Gasteiger partial charge in [0.15, 0.2) is 0 Å². The molecule has 1 aliphatic heterocycles. The second-order valence-electron chi connectivity index (χ2n) is 8.23. The molecular weight excluding hydrogens is 422 g/mol. The highest BCUT2D eigenvalue weighted by atomic mass is 32.1. The Balaban J connectivity index is 1.39. The number of likely N-dealkylation sites (tertiary alicyclic amines) is 1. The average molecular weight is 450 g/mol. The Labute approximate surface area is 191 Å². The number of piperidine rings is 1. The molecule has 3 amide bonds. The van der Waals surface area contributed by atoms with Gasteiger partial charge >= 0.3 is 6.03 Å². The van der Waals surface area contributed by atoms with Gasteiger partial charge in [0.2, 0.25) is 5.01 Å². The van der Waals surface area contributed by atoms with Gasteiger partial charge < -0.3 is 15.5 Å². The van der Waals surface area contributed by atoms with E-state index in [9.17, 15) is 9.59 Å². The zero-order chi connectivity index (χ0) is 22.7. The molecule has 1 fully saturated rings. The second-order valence-corrected chi connectivity index (χ2v) is 9.24. The topological polar surface area (TPSA) is 87.2 Å². The number of nitrogens with zero attached hydrogens (tertiary/aromatic N) is 3. The Morgan fingerprint density at radius 1 is 1.00 bits per heavy atom. The molecule has 1 saturated heterocycles. The first-order chi connectivity index (χ1) is 15.4. The van der Waals surface area contributed by atoms with Crippen molar-refractivity contribution in [3.8, 4) is 0 Å². The molecule has 3 aromatic rings. The Morgan fingerprint density at radius 3 is 2.59 bits per heavy atom. The van der Waals surface area contributed by atoms with Gasteiger partial charge in [0.25, 0.3) is 5.91 Å². The number of carbonyl (C=O) groups excluding carboxylic acids is 2. The molecule has 1 aliphatic rings. The standard InChI is InChI=1S/C24H27N5O2S/c1-15-10-11-19(13-17(15)3)25-24(31)29-12-6-8-18(14-29)22-27-28-23(32-22)21(30)26-20-9-5-4-7-16(20)2/h4-5,7,9-11,13,18H,6,8,12,14H2,1-3H3,(H,25,31)(H,26,30)/t18-/m1/s1. The number of nitrogens with one attached hydrogen (secondary N) is 2.